The van der Waals surface area contributed by atoms with Gasteiger partial charge < -0.3 is 14.7 Å². The van der Waals surface area contributed by atoms with Gasteiger partial charge in [-0.05, 0) is 50.8 Å². The zero-order valence-corrected chi connectivity index (χ0v) is 14.4. The molecule has 0 aromatic carbocycles. The predicted molar refractivity (Wildman–Crippen MR) is 88.4 cm³/mol. The Labute approximate surface area is 130 Å². The molecule has 1 aliphatic rings. The Balaban J connectivity index is 2.63. The van der Waals surface area contributed by atoms with Crippen LogP contribution in [0.1, 0.15) is 0 Å². The minimum atomic E-state index is -0.0649. The number of rotatable bonds is 7. The molecular weight excluding hydrogens is 353 g/mol. The van der Waals surface area contributed by atoms with E-state index in [0.717, 1.165) is 29.8 Å². The third-order valence-electron chi connectivity index (χ3n) is 3.07. The maximum absolute atomic E-state index is 12.6. The number of carbonyl (C=O) groups excluding carboxylic acids is 1. The lowest BCUT2D eigenvalue weighted by molar-refractivity contribution is -0.133. The first kappa shape index (κ1) is 16.7. The number of carbonyl (C=O) groups is 1. The second-order valence-corrected chi connectivity index (χ2v) is 6.59. The second kappa shape index (κ2) is 8.01. The second-order valence-electron chi connectivity index (χ2n) is 5.35. The van der Waals surface area contributed by atoms with E-state index in [1.54, 1.807) is 0 Å². The van der Waals surface area contributed by atoms with Crippen LogP contribution >= 0.6 is 22.6 Å². The average Bonchev–Trinajstić information content (AvgIpc) is 2.74. The summed E-state index contributed by atoms with van der Waals surface area (Å²) in [4.78, 5) is 18.8. The van der Waals surface area contributed by atoms with Crippen molar-refractivity contribution in [3.8, 4) is 0 Å². The Bertz CT molecular complexity index is 352. The van der Waals surface area contributed by atoms with Crippen LogP contribution in [0.2, 0.25) is 0 Å². The first-order valence-corrected chi connectivity index (χ1v) is 7.62. The minimum absolute atomic E-state index is 0.0649. The van der Waals surface area contributed by atoms with E-state index in [-0.39, 0.29) is 11.8 Å². The van der Waals surface area contributed by atoms with E-state index in [9.17, 15) is 4.79 Å². The van der Waals surface area contributed by atoms with Crippen molar-refractivity contribution >= 4 is 28.5 Å². The van der Waals surface area contributed by atoms with Gasteiger partial charge in [0, 0.05) is 29.8 Å². The van der Waals surface area contributed by atoms with Gasteiger partial charge >= 0.3 is 0 Å². The average molecular weight is 377 g/mol. The van der Waals surface area contributed by atoms with Crippen molar-refractivity contribution in [2.75, 3.05) is 54.4 Å². The molecule has 1 atom stereocenters. The Hall–Kier alpha value is -0.400. The van der Waals surface area contributed by atoms with E-state index in [1.807, 2.05) is 51.3 Å². The Morgan fingerprint density at radius 2 is 1.63 bits per heavy atom. The zero-order valence-electron chi connectivity index (χ0n) is 12.3. The smallest absolute Gasteiger partial charge is 0.234 e. The van der Waals surface area contributed by atoms with Crippen LogP contribution in [-0.2, 0) is 4.79 Å². The van der Waals surface area contributed by atoms with Crippen LogP contribution in [0, 0.1) is 5.92 Å². The molecule has 4 nitrogen and oxygen atoms in total. The van der Waals surface area contributed by atoms with Gasteiger partial charge in [0.25, 0.3) is 0 Å². The number of amides is 1. The van der Waals surface area contributed by atoms with Crippen molar-refractivity contribution < 1.29 is 4.79 Å². The molecule has 1 rings (SSSR count). The van der Waals surface area contributed by atoms with Crippen LogP contribution in [0.3, 0.4) is 0 Å². The Morgan fingerprint density at radius 1 is 1.11 bits per heavy atom. The molecule has 0 aromatic rings. The summed E-state index contributed by atoms with van der Waals surface area (Å²) in [6.45, 7) is 3.37. The van der Waals surface area contributed by atoms with Gasteiger partial charge in [-0.3, -0.25) is 4.79 Å². The van der Waals surface area contributed by atoms with Crippen molar-refractivity contribution in [1.82, 2.24) is 14.7 Å². The molecule has 0 saturated carbocycles. The normalized spacial score (nSPS) is 18.3. The van der Waals surface area contributed by atoms with Crippen LogP contribution < -0.4 is 0 Å². The maximum atomic E-state index is 12.6. The lowest BCUT2D eigenvalue weighted by Crippen LogP contribution is -2.43. The maximum Gasteiger partial charge on any atom is 0.234 e. The molecule has 1 amide bonds. The topological polar surface area (TPSA) is 26.8 Å². The van der Waals surface area contributed by atoms with Gasteiger partial charge in [0.05, 0.1) is 5.92 Å². The summed E-state index contributed by atoms with van der Waals surface area (Å²) in [6, 6.07) is 0. The summed E-state index contributed by atoms with van der Waals surface area (Å²) < 4.78 is 1.11. The summed E-state index contributed by atoms with van der Waals surface area (Å²) >= 11 is 2.26. The van der Waals surface area contributed by atoms with Crippen LogP contribution in [0.5, 0.6) is 0 Å². The molecule has 5 heteroatoms. The first-order chi connectivity index (χ1) is 8.91. The molecule has 0 fully saturated rings. The fourth-order valence-corrected chi connectivity index (χ4v) is 2.51. The van der Waals surface area contributed by atoms with Gasteiger partial charge in [0.1, 0.15) is 0 Å². The number of halogens is 1. The van der Waals surface area contributed by atoms with E-state index in [0.29, 0.717) is 0 Å². The molecule has 0 bridgehead atoms. The lowest BCUT2D eigenvalue weighted by atomic mass is 10.1. The third kappa shape index (κ3) is 5.62. The highest BCUT2D eigenvalue weighted by molar-refractivity contribution is 14.1. The fraction of sp³-hybridized carbons (Fsp3) is 0.643. The molecule has 0 spiro atoms. The molecule has 0 heterocycles. The van der Waals surface area contributed by atoms with Crippen molar-refractivity contribution in [2.45, 2.75) is 0 Å². The number of nitrogens with zero attached hydrogens (tertiary/aromatic N) is 3. The summed E-state index contributed by atoms with van der Waals surface area (Å²) in [5.74, 6) is 0.156. The Kier molecular flexibility index (Phi) is 7.02. The summed E-state index contributed by atoms with van der Waals surface area (Å²) in [5, 5.41) is 0. The molecule has 1 aliphatic carbocycles. The van der Waals surface area contributed by atoms with Crippen molar-refractivity contribution in [3.63, 3.8) is 0 Å². The van der Waals surface area contributed by atoms with E-state index in [4.69, 9.17) is 0 Å². The monoisotopic (exact) mass is 377 g/mol. The standard InChI is InChI=1S/C14H24IN3O/c1-16(2)8-10-18(11-9-17(3)4)14(19)12-6-5-7-13(12)15/h5-7,12H,8-11H2,1-4H3. The third-order valence-corrected chi connectivity index (χ3v) is 4.10. The molecule has 0 aliphatic heterocycles. The Morgan fingerprint density at radius 3 is 2.00 bits per heavy atom. The number of allylic oxidation sites excluding steroid dienone is 2. The molecular formula is C14H24IN3O. The highest BCUT2D eigenvalue weighted by Crippen LogP contribution is 2.27. The van der Waals surface area contributed by atoms with E-state index in [2.05, 4.69) is 32.4 Å². The molecule has 1 unspecified atom stereocenters. The predicted octanol–water partition coefficient (Wildman–Crippen LogP) is 1.44. The molecule has 108 valence electrons. The zero-order chi connectivity index (χ0) is 14.4. The van der Waals surface area contributed by atoms with Gasteiger partial charge in [-0.1, -0.05) is 18.2 Å². The van der Waals surface area contributed by atoms with Crippen molar-refractivity contribution in [3.05, 3.63) is 21.8 Å². The quantitative estimate of drug-likeness (QED) is 0.629. The van der Waals surface area contributed by atoms with Gasteiger partial charge in [0.2, 0.25) is 5.91 Å². The number of hydrogen-bond acceptors (Lipinski definition) is 3. The van der Waals surface area contributed by atoms with Gasteiger partial charge in [-0.25, -0.2) is 0 Å². The molecule has 0 saturated heterocycles. The SMILES string of the molecule is CN(C)CCN(CCN(C)C)C(=O)C1C=CC=C1I. The van der Waals surface area contributed by atoms with Gasteiger partial charge in [0.15, 0.2) is 0 Å². The lowest BCUT2D eigenvalue weighted by Gasteiger charge is -2.28. The summed E-state index contributed by atoms with van der Waals surface area (Å²) in [7, 11) is 8.14. The van der Waals surface area contributed by atoms with Gasteiger partial charge in [-0.15, -0.1) is 0 Å². The molecule has 19 heavy (non-hydrogen) atoms. The van der Waals surface area contributed by atoms with Crippen molar-refractivity contribution in [2.24, 2.45) is 5.92 Å². The minimum Gasteiger partial charge on any atom is -0.339 e. The number of hydrogen-bond donors (Lipinski definition) is 0. The first-order valence-electron chi connectivity index (χ1n) is 6.54. The van der Waals surface area contributed by atoms with Crippen LogP contribution in [0.15, 0.2) is 21.8 Å². The van der Waals surface area contributed by atoms with Gasteiger partial charge in [-0.2, -0.15) is 0 Å². The molecule has 0 radical (unpaired) electrons. The van der Waals surface area contributed by atoms with Crippen LogP contribution in [0.4, 0.5) is 0 Å². The fourth-order valence-electron chi connectivity index (χ4n) is 1.82. The van der Waals surface area contributed by atoms with Crippen LogP contribution in [0.25, 0.3) is 0 Å². The van der Waals surface area contributed by atoms with E-state index < -0.39 is 0 Å². The van der Waals surface area contributed by atoms with E-state index >= 15 is 0 Å². The summed E-state index contributed by atoms with van der Waals surface area (Å²) in [5.41, 5.74) is 0. The largest absolute Gasteiger partial charge is 0.339 e. The molecule has 0 aromatic heterocycles. The highest BCUT2D eigenvalue weighted by atomic mass is 127. The number of likely N-dealkylation sites (N-methyl/N-ethyl adjacent to an activating group) is 2. The van der Waals surface area contributed by atoms with Crippen molar-refractivity contribution in [1.29, 1.82) is 0 Å². The van der Waals surface area contributed by atoms with E-state index in [1.165, 1.54) is 0 Å². The molecule has 0 N–H and O–H groups in total. The summed E-state index contributed by atoms with van der Waals surface area (Å²) in [6.07, 6.45) is 5.97. The highest BCUT2D eigenvalue weighted by Gasteiger charge is 2.26. The van der Waals surface area contributed by atoms with Crippen LogP contribution in [-0.4, -0.2) is 75.0 Å².